The molecule has 3 rings (SSSR count). The van der Waals surface area contributed by atoms with E-state index in [1.165, 1.54) is 6.42 Å². The molecule has 1 aliphatic rings. The van der Waals surface area contributed by atoms with Gasteiger partial charge in [-0.2, -0.15) is 0 Å². The van der Waals surface area contributed by atoms with Gasteiger partial charge in [0, 0.05) is 23.1 Å². The Hall–Kier alpha value is -2.07. The number of nitrogens with one attached hydrogen (secondary N) is 1. The average Bonchev–Trinajstić information content (AvgIpc) is 2.67. The molecular formula is C21H27NO3. The van der Waals surface area contributed by atoms with Gasteiger partial charge in [0.1, 0.15) is 11.4 Å². The molecule has 0 radical (unpaired) electrons. The largest absolute Gasteiger partial charge is 0.496 e. The van der Waals surface area contributed by atoms with E-state index < -0.39 is 5.60 Å². The molecule has 0 aromatic heterocycles. The highest BCUT2D eigenvalue weighted by molar-refractivity contribution is 6.06. The van der Waals surface area contributed by atoms with Crippen molar-refractivity contribution in [3.05, 3.63) is 36.4 Å². The number of carbonyl (C=O) groups excluding carboxylic acids is 1. The second kappa shape index (κ2) is 7.87. The van der Waals surface area contributed by atoms with Crippen molar-refractivity contribution in [3.63, 3.8) is 0 Å². The smallest absolute Gasteiger partial charge is 0.256 e. The maximum absolute atomic E-state index is 13.1. The fourth-order valence-corrected chi connectivity index (χ4v) is 3.65. The van der Waals surface area contributed by atoms with Gasteiger partial charge in [-0.3, -0.25) is 4.79 Å². The van der Waals surface area contributed by atoms with Crippen LogP contribution in [0.25, 0.3) is 10.8 Å². The highest BCUT2D eigenvalue weighted by Crippen LogP contribution is 2.35. The van der Waals surface area contributed by atoms with Crippen molar-refractivity contribution in [1.82, 2.24) is 0 Å². The minimum atomic E-state index is -0.685. The zero-order chi connectivity index (χ0) is 17.7. The van der Waals surface area contributed by atoms with Crippen molar-refractivity contribution < 1.29 is 14.3 Å². The number of carbonyl (C=O) groups is 1. The lowest BCUT2D eigenvalue weighted by atomic mass is 9.83. The Morgan fingerprint density at radius 1 is 1.08 bits per heavy atom. The molecule has 0 spiro atoms. The summed E-state index contributed by atoms with van der Waals surface area (Å²) in [6, 6.07) is 11.8. The molecule has 1 saturated carbocycles. The quantitative estimate of drug-likeness (QED) is 0.811. The molecule has 0 saturated heterocycles. The first-order valence-corrected chi connectivity index (χ1v) is 9.21. The van der Waals surface area contributed by atoms with Crippen molar-refractivity contribution in [3.8, 4) is 5.75 Å². The van der Waals surface area contributed by atoms with E-state index in [9.17, 15) is 4.79 Å². The van der Waals surface area contributed by atoms with Crippen LogP contribution in [0.2, 0.25) is 0 Å². The Bertz CT molecular complexity index is 735. The first-order valence-electron chi connectivity index (χ1n) is 9.21. The monoisotopic (exact) mass is 341 g/mol. The summed E-state index contributed by atoms with van der Waals surface area (Å²) in [5, 5.41) is 5.11. The van der Waals surface area contributed by atoms with Crippen molar-refractivity contribution >= 4 is 22.4 Å². The number of benzene rings is 2. The van der Waals surface area contributed by atoms with E-state index in [4.69, 9.17) is 9.47 Å². The van der Waals surface area contributed by atoms with Gasteiger partial charge in [0.25, 0.3) is 5.91 Å². The van der Waals surface area contributed by atoms with Crippen LogP contribution in [-0.2, 0) is 9.53 Å². The van der Waals surface area contributed by atoms with Crippen molar-refractivity contribution in [1.29, 1.82) is 0 Å². The second-order valence-electron chi connectivity index (χ2n) is 6.72. The van der Waals surface area contributed by atoms with E-state index in [1.807, 2.05) is 36.4 Å². The Morgan fingerprint density at radius 3 is 2.48 bits per heavy atom. The van der Waals surface area contributed by atoms with Gasteiger partial charge in [-0.05, 0) is 31.4 Å². The predicted octanol–water partition coefficient (Wildman–Crippen LogP) is 4.92. The molecule has 4 heteroatoms. The second-order valence-corrected chi connectivity index (χ2v) is 6.72. The number of anilines is 1. The molecule has 2 aromatic carbocycles. The summed E-state index contributed by atoms with van der Waals surface area (Å²) in [6.45, 7) is 2.70. The molecule has 25 heavy (non-hydrogen) atoms. The van der Waals surface area contributed by atoms with Gasteiger partial charge in [0.2, 0.25) is 0 Å². The van der Waals surface area contributed by atoms with Crippen LogP contribution in [0.15, 0.2) is 36.4 Å². The minimum Gasteiger partial charge on any atom is -0.496 e. The third-order valence-corrected chi connectivity index (χ3v) is 5.01. The van der Waals surface area contributed by atoms with Crippen LogP contribution in [0.1, 0.15) is 45.4 Å². The first-order chi connectivity index (χ1) is 12.2. The maximum atomic E-state index is 13.1. The van der Waals surface area contributed by atoms with Crippen LogP contribution in [-0.4, -0.2) is 25.2 Å². The molecule has 1 fully saturated rings. The molecule has 2 aromatic rings. The summed E-state index contributed by atoms with van der Waals surface area (Å²) in [6.07, 6.45) is 5.78. The summed E-state index contributed by atoms with van der Waals surface area (Å²) in [5.74, 6) is 0.791. The van der Waals surface area contributed by atoms with E-state index in [1.54, 1.807) is 7.11 Å². The molecule has 0 heterocycles. The van der Waals surface area contributed by atoms with Gasteiger partial charge in [0.05, 0.1) is 7.11 Å². The van der Waals surface area contributed by atoms with Gasteiger partial charge in [-0.15, -0.1) is 0 Å². The van der Waals surface area contributed by atoms with Crippen molar-refractivity contribution in [2.75, 3.05) is 19.0 Å². The van der Waals surface area contributed by atoms with Gasteiger partial charge < -0.3 is 14.8 Å². The Balaban J connectivity index is 1.90. The lowest BCUT2D eigenvalue weighted by Gasteiger charge is -2.35. The molecule has 4 nitrogen and oxygen atoms in total. The average molecular weight is 341 g/mol. The molecule has 0 unspecified atom stereocenters. The first kappa shape index (κ1) is 17.7. The number of ether oxygens (including phenoxy) is 2. The molecule has 134 valence electrons. The number of fused-ring (bicyclic) bond motifs is 1. The van der Waals surface area contributed by atoms with E-state index in [0.29, 0.717) is 6.61 Å². The van der Waals surface area contributed by atoms with E-state index >= 15 is 0 Å². The topological polar surface area (TPSA) is 47.6 Å². The number of hydrogen-bond donors (Lipinski definition) is 1. The van der Waals surface area contributed by atoms with Gasteiger partial charge in [-0.1, -0.05) is 50.5 Å². The van der Waals surface area contributed by atoms with Crippen LogP contribution in [0.4, 0.5) is 5.69 Å². The van der Waals surface area contributed by atoms with Crippen LogP contribution in [0, 0.1) is 0 Å². The molecule has 0 atom stereocenters. The van der Waals surface area contributed by atoms with Gasteiger partial charge >= 0.3 is 0 Å². The molecular weight excluding hydrogens is 314 g/mol. The van der Waals surface area contributed by atoms with Crippen LogP contribution < -0.4 is 10.1 Å². The Kier molecular flexibility index (Phi) is 5.59. The summed E-state index contributed by atoms with van der Waals surface area (Å²) in [7, 11) is 1.66. The fraction of sp³-hybridized carbons (Fsp3) is 0.476. The predicted molar refractivity (Wildman–Crippen MR) is 101 cm³/mol. The number of hydrogen-bond acceptors (Lipinski definition) is 3. The summed E-state index contributed by atoms with van der Waals surface area (Å²) in [4.78, 5) is 13.1. The number of methoxy groups -OCH3 is 1. The van der Waals surface area contributed by atoms with Crippen LogP contribution >= 0.6 is 0 Å². The lowest BCUT2D eigenvalue weighted by Crippen LogP contribution is -2.47. The standard InChI is InChI=1S/C21H27NO3/c1-3-15-25-21(13-7-4-8-14-21)20(23)22-18-11-12-19(24-2)17-10-6-5-9-16(17)18/h5-6,9-12H,3-4,7-8,13-15H2,1-2H3,(H,22,23). The fourth-order valence-electron chi connectivity index (χ4n) is 3.65. The van der Waals surface area contributed by atoms with Gasteiger partial charge in [0.15, 0.2) is 0 Å². The zero-order valence-corrected chi connectivity index (χ0v) is 15.1. The van der Waals surface area contributed by atoms with Crippen molar-refractivity contribution in [2.24, 2.45) is 0 Å². The number of amides is 1. The molecule has 1 N–H and O–H groups in total. The number of rotatable bonds is 6. The molecule has 1 aliphatic carbocycles. The third-order valence-electron chi connectivity index (χ3n) is 5.01. The molecule has 1 amide bonds. The van der Waals surface area contributed by atoms with Crippen molar-refractivity contribution in [2.45, 2.75) is 51.0 Å². The minimum absolute atomic E-state index is 0.0176. The molecule has 0 aliphatic heterocycles. The maximum Gasteiger partial charge on any atom is 0.256 e. The summed E-state index contributed by atoms with van der Waals surface area (Å²) < 4.78 is 11.5. The highest BCUT2D eigenvalue weighted by atomic mass is 16.5. The summed E-state index contributed by atoms with van der Waals surface area (Å²) >= 11 is 0. The van der Waals surface area contributed by atoms with E-state index in [0.717, 1.165) is 54.3 Å². The lowest BCUT2D eigenvalue weighted by molar-refractivity contribution is -0.146. The van der Waals surface area contributed by atoms with E-state index in [2.05, 4.69) is 12.2 Å². The molecule has 0 bridgehead atoms. The Labute approximate surface area is 149 Å². The van der Waals surface area contributed by atoms with Crippen LogP contribution in [0.3, 0.4) is 0 Å². The van der Waals surface area contributed by atoms with Crippen LogP contribution in [0.5, 0.6) is 5.75 Å². The summed E-state index contributed by atoms with van der Waals surface area (Å²) in [5.41, 5.74) is 0.126. The Morgan fingerprint density at radius 2 is 1.80 bits per heavy atom. The normalized spacial score (nSPS) is 16.6. The third kappa shape index (κ3) is 3.64. The van der Waals surface area contributed by atoms with Gasteiger partial charge in [-0.25, -0.2) is 0 Å². The highest BCUT2D eigenvalue weighted by Gasteiger charge is 2.40. The SMILES string of the molecule is CCCOC1(C(=O)Nc2ccc(OC)c3ccccc23)CCCCC1. The van der Waals surface area contributed by atoms with E-state index in [-0.39, 0.29) is 5.91 Å². The zero-order valence-electron chi connectivity index (χ0n) is 15.1.